The number of nitrogens with one attached hydrogen (secondary N) is 1. The highest BCUT2D eigenvalue weighted by Crippen LogP contribution is 2.29. The molecule has 0 radical (unpaired) electrons. The smallest absolute Gasteiger partial charge is 0.133 e. The van der Waals surface area contributed by atoms with Crippen LogP contribution in [0, 0.1) is 0 Å². The third-order valence-electron chi connectivity index (χ3n) is 3.34. The van der Waals surface area contributed by atoms with E-state index in [-0.39, 0.29) is 6.04 Å². The fourth-order valence-electron chi connectivity index (χ4n) is 2.29. The normalized spacial score (nSPS) is 12.2. The number of benzene rings is 2. The van der Waals surface area contributed by atoms with Crippen LogP contribution in [0.4, 0.5) is 0 Å². The van der Waals surface area contributed by atoms with E-state index in [0.717, 1.165) is 21.1 Å². The van der Waals surface area contributed by atoms with Crippen LogP contribution in [0.25, 0.3) is 0 Å². The number of hydrogen-bond acceptors (Lipinski definition) is 2. The number of ether oxygens (including phenoxy) is 1. The summed E-state index contributed by atoms with van der Waals surface area (Å²) in [6.45, 7) is 2.66. The van der Waals surface area contributed by atoms with E-state index in [9.17, 15) is 0 Å². The lowest BCUT2D eigenvalue weighted by Crippen LogP contribution is -2.18. The van der Waals surface area contributed by atoms with Crippen molar-refractivity contribution in [3.05, 3.63) is 62.5 Å². The van der Waals surface area contributed by atoms with Gasteiger partial charge >= 0.3 is 0 Å². The topological polar surface area (TPSA) is 21.3 Å². The molecule has 2 rings (SSSR count). The average Bonchev–Trinajstić information content (AvgIpc) is 2.47. The Kier molecular flexibility index (Phi) is 6.27. The highest BCUT2D eigenvalue weighted by molar-refractivity contribution is 9.10. The first kappa shape index (κ1) is 16.5. The van der Waals surface area contributed by atoms with Crippen molar-refractivity contribution < 1.29 is 4.74 Å². The maximum Gasteiger partial charge on any atom is 0.133 e. The van der Waals surface area contributed by atoms with Gasteiger partial charge in [-0.05, 0) is 71.7 Å². The van der Waals surface area contributed by atoms with E-state index in [0.29, 0.717) is 6.61 Å². The first-order valence-corrected chi connectivity index (χ1v) is 8.56. The molecule has 0 aromatic heterocycles. The van der Waals surface area contributed by atoms with Gasteiger partial charge in [0.05, 0.1) is 11.1 Å². The van der Waals surface area contributed by atoms with Gasteiger partial charge in [-0.15, -0.1) is 0 Å². The Labute approximate surface area is 143 Å². The molecule has 21 heavy (non-hydrogen) atoms. The van der Waals surface area contributed by atoms with Gasteiger partial charge in [-0.1, -0.05) is 34.1 Å². The molecule has 2 aromatic rings. The molecule has 0 spiro atoms. The van der Waals surface area contributed by atoms with Crippen molar-refractivity contribution >= 4 is 31.9 Å². The molecule has 4 heteroatoms. The van der Waals surface area contributed by atoms with Gasteiger partial charge in [0, 0.05) is 10.5 Å². The fraction of sp³-hybridized carbons (Fsp3) is 0.294. The Balaban J connectivity index is 2.19. The molecule has 0 aliphatic heterocycles. The molecular weight excluding hydrogens is 394 g/mol. The molecule has 112 valence electrons. The molecule has 1 atom stereocenters. The van der Waals surface area contributed by atoms with Crippen molar-refractivity contribution in [2.45, 2.75) is 19.4 Å². The minimum Gasteiger partial charge on any atom is -0.493 e. The monoisotopic (exact) mass is 411 g/mol. The summed E-state index contributed by atoms with van der Waals surface area (Å²) >= 11 is 7.11. The minimum atomic E-state index is 0.270. The van der Waals surface area contributed by atoms with E-state index in [1.165, 1.54) is 11.1 Å². The van der Waals surface area contributed by atoms with Crippen LogP contribution in [0.2, 0.25) is 0 Å². The highest BCUT2D eigenvalue weighted by Gasteiger charge is 2.12. The van der Waals surface area contributed by atoms with Crippen molar-refractivity contribution in [3.8, 4) is 5.75 Å². The van der Waals surface area contributed by atoms with Crippen molar-refractivity contribution in [2.75, 3.05) is 13.7 Å². The van der Waals surface area contributed by atoms with Crippen molar-refractivity contribution in [1.29, 1.82) is 0 Å². The van der Waals surface area contributed by atoms with Crippen LogP contribution in [0.3, 0.4) is 0 Å². The van der Waals surface area contributed by atoms with Gasteiger partial charge < -0.3 is 10.1 Å². The number of halogens is 2. The van der Waals surface area contributed by atoms with E-state index in [2.05, 4.69) is 67.5 Å². The summed E-state index contributed by atoms with van der Waals surface area (Å²) in [7, 11) is 1.99. The van der Waals surface area contributed by atoms with Gasteiger partial charge in [0.1, 0.15) is 5.75 Å². The van der Waals surface area contributed by atoms with Gasteiger partial charge in [-0.25, -0.2) is 0 Å². The molecule has 0 amide bonds. The Bertz CT molecular complexity index is 601. The van der Waals surface area contributed by atoms with E-state index in [1.807, 2.05) is 26.1 Å². The third kappa shape index (κ3) is 4.56. The van der Waals surface area contributed by atoms with Gasteiger partial charge in [-0.3, -0.25) is 0 Å². The summed E-state index contributed by atoms with van der Waals surface area (Å²) in [5, 5.41) is 3.39. The Morgan fingerprint density at radius 2 is 1.95 bits per heavy atom. The SMILES string of the molecule is CCOc1ccc(C(Cc2cccc(Br)c2)NC)cc1Br. The van der Waals surface area contributed by atoms with Crippen LogP contribution in [0.1, 0.15) is 24.1 Å². The maximum absolute atomic E-state index is 5.57. The summed E-state index contributed by atoms with van der Waals surface area (Å²) in [4.78, 5) is 0. The lowest BCUT2D eigenvalue weighted by molar-refractivity contribution is 0.338. The molecule has 0 aliphatic carbocycles. The predicted molar refractivity (Wildman–Crippen MR) is 95.0 cm³/mol. The van der Waals surface area contributed by atoms with E-state index in [1.54, 1.807) is 0 Å². The van der Waals surface area contributed by atoms with E-state index < -0.39 is 0 Å². The molecule has 0 bridgehead atoms. The first-order valence-electron chi connectivity index (χ1n) is 6.98. The Morgan fingerprint density at radius 3 is 2.57 bits per heavy atom. The molecule has 0 saturated heterocycles. The molecule has 0 aliphatic rings. The molecule has 0 heterocycles. The van der Waals surface area contributed by atoms with E-state index in [4.69, 9.17) is 4.74 Å². The lowest BCUT2D eigenvalue weighted by atomic mass is 9.99. The molecule has 1 unspecified atom stereocenters. The van der Waals surface area contributed by atoms with E-state index >= 15 is 0 Å². The van der Waals surface area contributed by atoms with Crippen molar-refractivity contribution in [2.24, 2.45) is 0 Å². The summed E-state index contributed by atoms with van der Waals surface area (Å²) in [5.74, 6) is 0.888. The summed E-state index contributed by atoms with van der Waals surface area (Å²) in [5.41, 5.74) is 2.54. The summed E-state index contributed by atoms with van der Waals surface area (Å²) in [6, 6.07) is 15.0. The largest absolute Gasteiger partial charge is 0.493 e. The first-order chi connectivity index (χ1) is 10.1. The zero-order valence-corrected chi connectivity index (χ0v) is 15.4. The van der Waals surface area contributed by atoms with Gasteiger partial charge in [0.15, 0.2) is 0 Å². The number of likely N-dealkylation sites (N-methyl/N-ethyl adjacent to an activating group) is 1. The van der Waals surface area contributed by atoms with Crippen LogP contribution >= 0.6 is 31.9 Å². The highest BCUT2D eigenvalue weighted by atomic mass is 79.9. The van der Waals surface area contributed by atoms with Gasteiger partial charge in [0.25, 0.3) is 0 Å². The van der Waals surface area contributed by atoms with Crippen LogP contribution in [0.5, 0.6) is 5.75 Å². The fourth-order valence-corrected chi connectivity index (χ4v) is 3.25. The van der Waals surface area contributed by atoms with Crippen molar-refractivity contribution in [1.82, 2.24) is 5.32 Å². The Hall–Kier alpha value is -0.840. The van der Waals surface area contributed by atoms with Crippen LogP contribution < -0.4 is 10.1 Å². The maximum atomic E-state index is 5.57. The number of hydrogen-bond donors (Lipinski definition) is 1. The summed E-state index contributed by atoms with van der Waals surface area (Å²) < 4.78 is 7.68. The van der Waals surface area contributed by atoms with Gasteiger partial charge in [-0.2, -0.15) is 0 Å². The molecule has 0 fully saturated rings. The molecule has 2 aromatic carbocycles. The predicted octanol–water partition coefficient (Wildman–Crippen LogP) is 5.11. The zero-order valence-electron chi connectivity index (χ0n) is 12.2. The second-order valence-electron chi connectivity index (χ2n) is 4.80. The second-order valence-corrected chi connectivity index (χ2v) is 6.57. The third-order valence-corrected chi connectivity index (χ3v) is 4.45. The Morgan fingerprint density at radius 1 is 1.14 bits per heavy atom. The second kappa shape index (κ2) is 7.97. The van der Waals surface area contributed by atoms with Crippen LogP contribution in [-0.2, 0) is 6.42 Å². The van der Waals surface area contributed by atoms with Crippen molar-refractivity contribution in [3.63, 3.8) is 0 Å². The molecular formula is C17H19Br2NO. The molecule has 2 nitrogen and oxygen atoms in total. The minimum absolute atomic E-state index is 0.270. The zero-order chi connectivity index (χ0) is 15.2. The summed E-state index contributed by atoms with van der Waals surface area (Å²) in [6.07, 6.45) is 0.941. The van der Waals surface area contributed by atoms with Crippen LogP contribution in [0.15, 0.2) is 51.4 Å². The average molecular weight is 413 g/mol. The molecule has 0 saturated carbocycles. The number of rotatable bonds is 6. The quantitative estimate of drug-likeness (QED) is 0.711. The lowest BCUT2D eigenvalue weighted by Gasteiger charge is -2.18. The molecule has 1 N–H and O–H groups in total. The van der Waals surface area contributed by atoms with Gasteiger partial charge in [0.2, 0.25) is 0 Å². The van der Waals surface area contributed by atoms with Crippen LogP contribution in [-0.4, -0.2) is 13.7 Å². The standard InChI is InChI=1S/C17H19Br2NO/c1-3-21-17-8-7-13(11-15(17)19)16(20-2)10-12-5-4-6-14(18)9-12/h4-9,11,16,20H,3,10H2,1-2H3.